The Hall–Kier alpha value is -0.430. The molecule has 0 aromatic heterocycles. The highest BCUT2D eigenvalue weighted by molar-refractivity contribution is 9.10. The predicted octanol–water partition coefficient (Wildman–Crippen LogP) is 1.70. The average molecular weight is 321 g/mol. The summed E-state index contributed by atoms with van der Waals surface area (Å²) >= 11 is 3.39. The number of hydrogen-bond acceptors (Lipinski definition) is 4. The number of sulfone groups is 1. The van der Waals surface area contributed by atoms with E-state index in [0.717, 1.165) is 15.6 Å². The van der Waals surface area contributed by atoms with Crippen molar-refractivity contribution in [2.24, 2.45) is 5.84 Å². The maximum Gasteiger partial charge on any atom is 0.147 e. The fraction of sp³-hybridized carbons (Fsp3) is 0.455. The molecule has 1 rings (SSSR count). The minimum atomic E-state index is -2.96. The quantitative estimate of drug-likeness (QED) is 0.639. The summed E-state index contributed by atoms with van der Waals surface area (Å²) in [6, 6.07) is 5.72. The van der Waals surface area contributed by atoms with Crippen LogP contribution in [-0.4, -0.2) is 20.4 Å². The van der Waals surface area contributed by atoms with Crippen molar-refractivity contribution in [1.82, 2.24) is 5.43 Å². The third-order valence-electron chi connectivity index (χ3n) is 2.59. The zero-order chi connectivity index (χ0) is 13.1. The highest BCUT2D eigenvalue weighted by Gasteiger charge is 2.14. The summed E-state index contributed by atoms with van der Waals surface area (Å²) in [5.74, 6) is 5.61. The van der Waals surface area contributed by atoms with E-state index in [1.165, 1.54) is 6.26 Å². The molecule has 1 unspecified atom stereocenters. The van der Waals surface area contributed by atoms with Crippen molar-refractivity contribution >= 4 is 25.8 Å². The molecule has 0 saturated heterocycles. The first-order chi connectivity index (χ1) is 7.83. The molecule has 4 nitrogen and oxygen atoms in total. The Bertz CT molecular complexity index is 488. The van der Waals surface area contributed by atoms with Crippen LogP contribution >= 0.6 is 15.9 Å². The Morgan fingerprint density at radius 2 is 2.12 bits per heavy atom. The number of rotatable bonds is 5. The van der Waals surface area contributed by atoms with Crippen molar-refractivity contribution in [3.05, 3.63) is 33.8 Å². The largest absolute Gasteiger partial charge is 0.271 e. The SMILES string of the molecule is Cc1cc(Br)ccc1C(CCS(C)(=O)=O)NN. The van der Waals surface area contributed by atoms with E-state index >= 15 is 0 Å². The summed E-state index contributed by atoms with van der Waals surface area (Å²) in [7, 11) is -2.96. The maximum absolute atomic E-state index is 11.1. The molecule has 17 heavy (non-hydrogen) atoms. The lowest BCUT2D eigenvalue weighted by Crippen LogP contribution is -2.30. The molecule has 0 aliphatic rings. The van der Waals surface area contributed by atoms with Crippen molar-refractivity contribution in [3.8, 4) is 0 Å². The van der Waals surface area contributed by atoms with Gasteiger partial charge in [-0.15, -0.1) is 0 Å². The van der Waals surface area contributed by atoms with Crippen molar-refractivity contribution in [2.75, 3.05) is 12.0 Å². The Morgan fingerprint density at radius 3 is 2.59 bits per heavy atom. The molecule has 1 aromatic carbocycles. The van der Waals surface area contributed by atoms with Crippen LogP contribution in [0.5, 0.6) is 0 Å². The molecule has 1 aromatic rings. The molecule has 0 spiro atoms. The predicted molar refractivity (Wildman–Crippen MR) is 73.3 cm³/mol. The lowest BCUT2D eigenvalue weighted by Gasteiger charge is -2.18. The van der Waals surface area contributed by atoms with Gasteiger partial charge in [0.2, 0.25) is 0 Å². The Balaban J connectivity index is 2.86. The van der Waals surface area contributed by atoms with E-state index in [2.05, 4.69) is 21.4 Å². The number of hydrogen-bond donors (Lipinski definition) is 2. The molecule has 0 saturated carbocycles. The monoisotopic (exact) mass is 320 g/mol. The molecular formula is C11H17BrN2O2S. The lowest BCUT2D eigenvalue weighted by atomic mass is 10.00. The van der Waals surface area contributed by atoms with Crippen LogP contribution < -0.4 is 11.3 Å². The van der Waals surface area contributed by atoms with Gasteiger partial charge >= 0.3 is 0 Å². The molecule has 0 amide bonds. The third-order valence-corrected chi connectivity index (χ3v) is 4.06. The van der Waals surface area contributed by atoms with Crippen molar-refractivity contribution < 1.29 is 8.42 Å². The number of aryl methyl sites for hydroxylation is 1. The van der Waals surface area contributed by atoms with Gasteiger partial charge in [-0.2, -0.15) is 0 Å². The summed E-state index contributed by atoms with van der Waals surface area (Å²) < 4.78 is 23.3. The minimum Gasteiger partial charge on any atom is -0.271 e. The highest BCUT2D eigenvalue weighted by Crippen LogP contribution is 2.23. The summed E-state index contributed by atoms with van der Waals surface area (Å²) in [5.41, 5.74) is 4.78. The molecule has 0 heterocycles. The molecule has 0 bridgehead atoms. The molecular weight excluding hydrogens is 304 g/mol. The summed E-state index contributed by atoms with van der Waals surface area (Å²) in [6.07, 6.45) is 1.70. The summed E-state index contributed by atoms with van der Waals surface area (Å²) in [5, 5.41) is 0. The van der Waals surface area contributed by atoms with Gasteiger partial charge in [0.1, 0.15) is 9.84 Å². The van der Waals surface area contributed by atoms with Gasteiger partial charge in [-0.05, 0) is 36.6 Å². The van der Waals surface area contributed by atoms with E-state index in [1.54, 1.807) is 0 Å². The molecule has 0 radical (unpaired) electrons. The molecule has 0 fully saturated rings. The van der Waals surface area contributed by atoms with Crippen LogP contribution in [0.4, 0.5) is 0 Å². The van der Waals surface area contributed by atoms with E-state index in [0.29, 0.717) is 6.42 Å². The molecule has 3 N–H and O–H groups in total. The lowest BCUT2D eigenvalue weighted by molar-refractivity contribution is 0.529. The maximum atomic E-state index is 11.1. The molecule has 96 valence electrons. The minimum absolute atomic E-state index is 0.122. The Kier molecular flexibility index (Phi) is 5.12. The third kappa shape index (κ3) is 4.75. The first-order valence-corrected chi connectivity index (χ1v) is 8.09. The number of benzene rings is 1. The second kappa shape index (κ2) is 5.95. The van der Waals surface area contributed by atoms with Gasteiger partial charge in [-0.1, -0.05) is 22.0 Å². The number of nitrogens with two attached hydrogens (primary N) is 1. The van der Waals surface area contributed by atoms with Crippen LogP contribution in [0.15, 0.2) is 22.7 Å². The number of halogens is 1. The van der Waals surface area contributed by atoms with E-state index in [9.17, 15) is 8.42 Å². The van der Waals surface area contributed by atoms with Gasteiger partial charge in [0.05, 0.1) is 5.75 Å². The molecule has 0 aliphatic carbocycles. The van der Waals surface area contributed by atoms with Gasteiger partial charge in [0.15, 0.2) is 0 Å². The van der Waals surface area contributed by atoms with E-state index in [4.69, 9.17) is 5.84 Å². The second-order valence-corrected chi connectivity index (χ2v) is 7.31. The fourth-order valence-electron chi connectivity index (χ4n) is 1.69. The van der Waals surface area contributed by atoms with Crippen LogP contribution in [0.2, 0.25) is 0 Å². The average Bonchev–Trinajstić information content (AvgIpc) is 2.19. The molecule has 6 heteroatoms. The zero-order valence-electron chi connectivity index (χ0n) is 9.90. The van der Waals surface area contributed by atoms with Crippen LogP contribution in [-0.2, 0) is 9.84 Å². The number of hydrazine groups is 1. The van der Waals surface area contributed by atoms with Gasteiger partial charge < -0.3 is 0 Å². The van der Waals surface area contributed by atoms with Crippen LogP contribution in [0.1, 0.15) is 23.6 Å². The summed E-state index contributed by atoms with van der Waals surface area (Å²) in [4.78, 5) is 0. The van der Waals surface area contributed by atoms with Crippen molar-refractivity contribution in [1.29, 1.82) is 0 Å². The Labute approximate surface area is 111 Å². The smallest absolute Gasteiger partial charge is 0.147 e. The number of nitrogens with one attached hydrogen (secondary N) is 1. The second-order valence-electron chi connectivity index (χ2n) is 4.14. The van der Waals surface area contributed by atoms with Gasteiger partial charge in [0.25, 0.3) is 0 Å². The summed E-state index contributed by atoms with van der Waals surface area (Å²) in [6.45, 7) is 1.98. The fourth-order valence-corrected chi connectivity index (χ4v) is 2.83. The first kappa shape index (κ1) is 14.6. The van der Waals surface area contributed by atoms with E-state index in [-0.39, 0.29) is 11.8 Å². The van der Waals surface area contributed by atoms with Crippen LogP contribution in [0.25, 0.3) is 0 Å². The zero-order valence-corrected chi connectivity index (χ0v) is 12.3. The van der Waals surface area contributed by atoms with Crippen LogP contribution in [0.3, 0.4) is 0 Å². The van der Waals surface area contributed by atoms with Gasteiger partial charge in [0, 0.05) is 16.8 Å². The van der Waals surface area contributed by atoms with Gasteiger partial charge in [-0.25, -0.2) is 8.42 Å². The normalized spacial score (nSPS) is 13.6. The van der Waals surface area contributed by atoms with Gasteiger partial charge in [-0.3, -0.25) is 11.3 Å². The standard InChI is InChI=1S/C11H17BrN2O2S/c1-8-7-9(12)3-4-10(8)11(14-13)5-6-17(2,15)16/h3-4,7,11,14H,5-6,13H2,1-2H3. The van der Waals surface area contributed by atoms with Crippen molar-refractivity contribution in [2.45, 2.75) is 19.4 Å². The molecule has 1 atom stereocenters. The van der Waals surface area contributed by atoms with E-state index < -0.39 is 9.84 Å². The van der Waals surface area contributed by atoms with E-state index in [1.807, 2.05) is 25.1 Å². The van der Waals surface area contributed by atoms with Crippen LogP contribution in [0, 0.1) is 6.92 Å². The Morgan fingerprint density at radius 1 is 1.47 bits per heavy atom. The van der Waals surface area contributed by atoms with Crippen molar-refractivity contribution in [3.63, 3.8) is 0 Å². The highest BCUT2D eigenvalue weighted by atomic mass is 79.9. The first-order valence-electron chi connectivity index (χ1n) is 5.23. The molecule has 0 aliphatic heterocycles. The topological polar surface area (TPSA) is 72.2 Å².